The van der Waals surface area contributed by atoms with Crippen molar-refractivity contribution in [2.45, 2.75) is 18.4 Å². The Balaban J connectivity index is 2.04. The number of nitrogens with one attached hydrogen (secondary N) is 1. The van der Waals surface area contributed by atoms with E-state index in [0.717, 1.165) is 5.56 Å². The third kappa shape index (κ3) is 5.68. The zero-order chi connectivity index (χ0) is 21.3. The second kappa shape index (κ2) is 10.4. The van der Waals surface area contributed by atoms with Crippen molar-refractivity contribution in [2.24, 2.45) is 0 Å². The number of carbonyl (C=O) groups is 1. The van der Waals surface area contributed by atoms with Gasteiger partial charge in [0.05, 0.1) is 13.5 Å². The summed E-state index contributed by atoms with van der Waals surface area (Å²) in [5, 5.41) is 14.1. The lowest BCUT2D eigenvalue weighted by molar-refractivity contribution is -0.140. The molecule has 0 bridgehead atoms. The van der Waals surface area contributed by atoms with Crippen LogP contribution in [0.1, 0.15) is 17.5 Å². The Kier molecular flexibility index (Phi) is 7.98. The van der Waals surface area contributed by atoms with Crippen molar-refractivity contribution < 1.29 is 19.4 Å². The number of methoxy groups -OCH3 is 1. The van der Waals surface area contributed by atoms with Gasteiger partial charge in [0.2, 0.25) is 0 Å². The first-order valence-corrected chi connectivity index (χ1v) is 9.25. The average molecular weight is 412 g/mol. The molecule has 2 aromatic carbocycles. The van der Waals surface area contributed by atoms with Crippen LogP contribution in [0.3, 0.4) is 0 Å². The van der Waals surface area contributed by atoms with Crippen LogP contribution in [-0.2, 0) is 16.8 Å². The van der Waals surface area contributed by atoms with E-state index in [2.05, 4.69) is 17.2 Å². The van der Waals surface area contributed by atoms with Gasteiger partial charge in [-0.2, -0.15) is 0 Å². The molecule has 6 heteroatoms. The summed E-state index contributed by atoms with van der Waals surface area (Å²) in [5.41, 5.74) is -0.527. The minimum atomic E-state index is -1.83. The number of halogens is 1. The summed E-state index contributed by atoms with van der Waals surface area (Å²) in [6.45, 7) is 0.442. The molecule has 5 nitrogen and oxygen atoms in total. The van der Waals surface area contributed by atoms with Crippen LogP contribution in [0.15, 0.2) is 42.5 Å². The molecule has 0 fully saturated rings. The van der Waals surface area contributed by atoms with E-state index < -0.39 is 11.5 Å². The lowest BCUT2D eigenvalue weighted by atomic mass is 9.89. The van der Waals surface area contributed by atoms with Crippen LogP contribution in [0, 0.1) is 24.7 Å². The van der Waals surface area contributed by atoms with Crippen LogP contribution in [0.25, 0.3) is 0 Å². The van der Waals surface area contributed by atoms with Gasteiger partial charge in [-0.1, -0.05) is 35.7 Å². The summed E-state index contributed by atoms with van der Waals surface area (Å²) in [7, 11) is 1.54. The first kappa shape index (κ1) is 22.2. The highest BCUT2D eigenvalue weighted by Crippen LogP contribution is 2.29. The number of ether oxygens (including phenoxy) is 2. The maximum Gasteiger partial charge on any atom is 0.257 e. The van der Waals surface area contributed by atoms with Crippen molar-refractivity contribution >= 4 is 17.5 Å². The molecule has 0 saturated heterocycles. The first-order valence-electron chi connectivity index (χ1n) is 8.88. The van der Waals surface area contributed by atoms with E-state index in [1.165, 1.54) is 7.11 Å². The Morgan fingerprint density at radius 2 is 1.90 bits per heavy atom. The molecule has 0 spiro atoms. The number of benzene rings is 2. The molecule has 0 radical (unpaired) electrons. The zero-order valence-electron chi connectivity index (χ0n) is 16.1. The molecule has 2 rings (SSSR count). The summed E-state index contributed by atoms with van der Waals surface area (Å²) in [4.78, 5) is 12.7. The Hall–Kier alpha value is -3.12. The lowest BCUT2D eigenvalue weighted by Gasteiger charge is -2.25. The van der Waals surface area contributed by atoms with Gasteiger partial charge in [0.15, 0.2) is 17.1 Å². The van der Waals surface area contributed by atoms with Crippen LogP contribution in [0.2, 0.25) is 5.02 Å². The molecule has 2 aromatic rings. The molecule has 0 aliphatic rings. The van der Waals surface area contributed by atoms with Crippen LogP contribution in [-0.4, -0.2) is 31.3 Å². The summed E-state index contributed by atoms with van der Waals surface area (Å²) in [6, 6.07) is 11.8. The normalized spacial score (nSPS) is 12.2. The number of amides is 1. The SMILES string of the molecule is C#CCOc1ccc(CCNC(=O)C(O)(CC#C)c2ccc(Cl)cc2)cc1OC. The highest BCUT2D eigenvalue weighted by atomic mass is 35.5. The summed E-state index contributed by atoms with van der Waals surface area (Å²) < 4.78 is 10.7. The second-order valence-electron chi connectivity index (χ2n) is 6.23. The van der Waals surface area contributed by atoms with Gasteiger partial charge in [0, 0.05) is 11.6 Å². The fraction of sp³-hybridized carbons (Fsp3) is 0.261. The topological polar surface area (TPSA) is 67.8 Å². The van der Waals surface area contributed by atoms with E-state index in [0.29, 0.717) is 35.1 Å². The van der Waals surface area contributed by atoms with Crippen LogP contribution >= 0.6 is 11.6 Å². The third-order valence-corrected chi connectivity index (χ3v) is 4.55. The van der Waals surface area contributed by atoms with Crippen molar-refractivity contribution in [1.82, 2.24) is 5.32 Å². The van der Waals surface area contributed by atoms with E-state index in [-0.39, 0.29) is 13.0 Å². The molecule has 29 heavy (non-hydrogen) atoms. The molecule has 1 atom stereocenters. The smallest absolute Gasteiger partial charge is 0.257 e. The quantitative estimate of drug-likeness (QED) is 0.622. The van der Waals surface area contributed by atoms with Crippen LogP contribution in [0.5, 0.6) is 11.5 Å². The van der Waals surface area contributed by atoms with Gasteiger partial charge in [-0.15, -0.1) is 18.8 Å². The Morgan fingerprint density at radius 3 is 2.52 bits per heavy atom. The monoisotopic (exact) mass is 411 g/mol. The van der Waals surface area contributed by atoms with Crippen molar-refractivity contribution in [3.05, 3.63) is 58.6 Å². The van der Waals surface area contributed by atoms with Crippen molar-refractivity contribution in [2.75, 3.05) is 20.3 Å². The first-order chi connectivity index (χ1) is 13.9. The number of terminal acetylenes is 2. The van der Waals surface area contributed by atoms with Gasteiger partial charge < -0.3 is 19.9 Å². The van der Waals surface area contributed by atoms with Gasteiger partial charge in [0.1, 0.15) is 6.61 Å². The van der Waals surface area contributed by atoms with E-state index in [1.54, 1.807) is 30.3 Å². The maximum absolute atomic E-state index is 12.7. The van der Waals surface area contributed by atoms with E-state index in [9.17, 15) is 9.90 Å². The Morgan fingerprint density at radius 1 is 1.17 bits per heavy atom. The Bertz CT molecular complexity index is 927. The number of hydrogen-bond acceptors (Lipinski definition) is 4. The number of hydrogen-bond donors (Lipinski definition) is 2. The highest BCUT2D eigenvalue weighted by molar-refractivity contribution is 6.30. The van der Waals surface area contributed by atoms with Crippen molar-refractivity contribution in [1.29, 1.82) is 0 Å². The van der Waals surface area contributed by atoms with Gasteiger partial charge in [-0.05, 0) is 41.8 Å². The van der Waals surface area contributed by atoms with Gasteiger partial charge >= 0.3 is 0 Å². The number of rotatable bonds is 9. The molecular formula is C23H22ClNO4. The molecule has 0 heterocycles. The molecule has 0 aliphatic carbocycles. The number of carbonyl (C=O) groups excluding carboxylic acids is 1. The van der Waals surface area contributed by atoms with Crippen molar-refractivity contribution in [3.8, 4) is 36.2 Å². The number of aliphatic hydroxyl groups is 1. The standard InChI is InChI=1S/C23H22ClNO4/c1-4-13-23(27,18-7-9-19(24)10-8-18)22(26)25-14-12-17-6-11-20(29-15-5-2)21(16-17)28-3/h1-2,6-11,16,27H,12-15H2,3H3,(H,25,26). The molecule has 0 aromatic heterocycles. The zero-order valence-corrected chi connectivity index (χ0v) is 16.8. The summed E-state index contributed by atoms with van der Waals surface area (Å²) in [5.74, 6) is 5.28. The van der Waals surface area contributed by atoms with Crippen LogP contribution < -0.4 is 14.8 Å². The Labute approximate surface area is 176 Å². The highest BCUT2D eigenvalue weighted by Gasteiger charge is 2.36. The molecule has 2 N–H and O–H groups in total. The van der Waals surface area contributed by atoms with Gasteiger partial charge in [-0.3, -0.25) is 4.79 Å². The molecule has 150 valence electrons. The second-order valence-corrected chi connectivity index (χ2v) is 6.67. The molecule has 1 amide bonds. The van der Waals surface area contributed by atoms with E-state index >= 15 is 0 Å². The van der Waals surface area contributed by atoms with Crippen LogP contribution in [0.4, 0.5) is 0 Å². The molecule has 0 saturated carbocycles. The predicted octanol–water partition coefficient (Wildman–Crippen LogP) is 2.93. The molecule has 0 aliphatic heterocycles. The lowest BCUT2D eigenvalue weighted by Crippen LogP contribution is -2.45. The minimum Gasteiger partial charge on any atom is -0.493 e. The minimum absolute atomic E-state index is 0.143. The summed E-state index contributed by atoms with van der Waals surface area (Å²) >= 11 is 5.88. The predicted molar refractivity (Wildman–Crippen MR) is 113 cm³/mol. The van der Waals surface area contributed by atoms with Crippen molar-refractivity contribution in [3.63, 3.8) is 0 Å². The molecule has 1 unspecified atom stereocenters. The largest absolute Gasteiger partial charge is 0.493 e. The fourth-order valence-electron chi connectivity index (χ4n) is 2.76. The van der Waals surface area contributed by atoms with E-state index in [4.69, 9.17) is 33.9 Å². The van der Waals surface area contributed by atoms with Gasteiger partial charge in [-0.25, -0.2) is 0 Å². The van der Waals surface area contributed by atoms with E-state index in [1.807, 2.05) is 12.1 Å². The third-order valence-electron chi connectivity index (χ3n) is 4.29. The fourth-order valence-corrected chi connectivity index (χ4v) is 2.89. The average Bonchev–Trinajstić information content (AvgIpc) is 2.73. The maximum atomic E-state index is 12.7. The summed E-state index contributed by atoms with van der Waals surface area (Å²) in [6.07, 6.45) is 10.9. The van der Waals surface area contributed by atoms with Gasteiger partial charge in [0.25, 0.3) is 5.91 Å². The molecular weight excluding hydrogens is 390 g/mol.